The minimum atomic E-state index is -4.83. The second kappa shape index (κ2) is 7.89. The summed E-state index contributed by atoms with van der Waals surface area (Å²) in [5.41, 5.74) is 1.69. The molecule has 0 amide bonds. The number of rotatable bonds is 6. The van der Waals surface area contributed by atoms with Gasteiger partial charge in [0.1, 0.15) is 12.4 Å². The van der Waals surface area contributed by atoms with Crippen molar-refractivity contribution in [2.45, 2.75) is 19.7 Å². The van der Waals surface area contributed by atoms with Gasteiger partial charge in [-0.2, -0.15) is 18.2 Å². The van der Waals surface area contributed by atoms with Gasteiger partial charge in [0.25, 0.3) is 0 Å². The smallest absolute Gasteiger partial charge is 0.369 e. The highest BCUT2D eigenvalue weighted by atomic mass is 19.4. The molecule has 1 aromatic heterocycles. The average molecular weight is 394 g/mol. The average Bonchev–Trinajstić information content (AvgIpc) is 3.13. The van der Waals surface area contributed by atoms with Crippen molar-refractivity contribution in [1.29, 1.82) is 0 Å². The lowest BCUT2D eigenvalue weighted by Crippen LogP contribution is -2.09. The lowest BCUT2D eigenvalue weighted by Gasteiger charge is -2.06. The van der Waals surface area contributed by atoms with Gasteiger partial charge in [-0.25, -0.2) is 4.39 Å². The van der Waals surface area contributed by atoms with E-state index in [1.54, 1.807) is 0 Å². The highest BCUT2D eigenvalue weighted by Gasteiger charge is 2.38. The summed E-state index contributed by atoms with van der Waals surface area (Å²) in [5.74, 6) is -3.55. The Hall–Kier alpha value is -3.07. The van der Waals surface area contributed by atoms with E-state index in [0.717, 1.165) is 23.3 Å². The summed E-state index contributed by atoms with van der Waals surface area (Å²) < 4.78 is 61.1. The van der Waals surface area contributed by atoms with E-state index in [4.69, 9.17) is 4.74 Å². The van der Waals surface area contributed by atoms with Crippen LogP contribution in [-0.2, 0) is 17.5 Å². The number of benzene rings is 2. The molecule has 0 bridgehead atoms. The maximum absolute atomic E-state index is 14.2. The summed E-state index contributed by atoms with van der Waals surface area (Å²) in [5, 5.41) is 3.12. The third kappa shape index (κ3) is 4.61. The Bertz CT molecular complexity index is 982. The fraction of sp³-hybridized carbons (Fsp3) is 0.211. The molecular formula is C19H14F4N2O3. The maximum Gasteiger partial charge on any atom is 0.471 e. The minimum Gasteiger partial charge on any atom is -0.369 e. The molecule has 0 aliphatic rings. The Morgan fingerprint density at radius 2 is 1.86 bits per heavy atom. The van der Waals surface area contributed by atoms with Crippen molar-refractivity contribution in [3.8, 4) is 11.4 Å². The first-order valence-electron chi connectivity index (χ1n) is 8.11. The third-order valence-electron chi connectivity index (χ3n) is 3.82. The van der Waals surface area contributed by atoms with Gasteiger partial charge in [0.05, 0.1) is 12.2 Å². The number of carbonyl (C=O) groups excluding carboxylic acids is 1. The van der Waals surface area contributed by atoms with E-state index in [0.29, 0.717) is 0 Å². The fourth-order valence-corrected chi connectivity index (χ4v) is 2.35. The van der Waals surface area contributed by atoms with Crippen LogP contribution in [0.4, 0.5) is 17.6 Å². The number of ketones is 1. The molecule has 3 rings (SSSR count). The summed E-state index contributed by atoms with van der Waals surface area (Å²) in [6.45, 7) is 1.90. The van der Waals surface area contributed by atoms with Crippen LogP contribution in [0.25, 0.3) is 11.4 Å². The third-order valence-corrected chi connectivity index (χ3v) is 3.82. The molecule has 28 heavy (non-hydrogen) atoms. The molecule has 0 radical (unpaired) electrons. The first-order chi connectivity index (χ1) is 13.2. The molecule has 0 saturated carbocycles. The molecular weight excluding hydrogens is 380 g/mol. The summed E-state index contributed by atoms with van der Waals surface area (Å²) >= 11 is 0. The predicted octanol–water partition coefficient (Wildman–Crippen LogP) is 4.60. The van der Waals surface area contributed by atoms with Crippen molar-refractivity contribution in [1.82, 2.24) is 10.1 Å². The number of nitrogens with zero attached hydrogens (tertiary/aromatic N) is 2. The van der Waals surface area contributed by atoms with Crippen LogP contribution in [-0.4, -0.2) is 22.5 Å². The van der Waals surface area contributed by atoms with Crippen molar-refractivity contribution in [3.05, 3.63) is 70.9 Å². The van der Waals surface area contributed by atoms with Gasteiger partial charge in [0.2, 0.25) is 5.82 Å². The van der Waals surface area contributed by atoms with Gasteiger partial charge >= 0.3 is 12.1 Å². The molecule has 0 aliphatic heterocycles. The van der Waals surface area contributed by atoms with E-state index in [-0.39, 0.29) is 24.3 Å². The number of Topliss-reactive ketones (excluding diaryl/α,β-unsaturated/α-hetero) is 1. The van der Waals surface area contributed by atoms with Gasteiger partial charge in [-0.3, -0.25) is 4.79 Å². The number of carbonyl (C=O) groups is 1. The van der Waals surface area contributed by atoms with Crippen LogP contribution in [0, 0.1) is 12.7 Å². The second-order valence-corrected chi connectivity index (χ2v) is 6.02. The van der Waals surface area contributed by atoms with Crippen LogP contribution in [0.3, 0.4) is 0 Å². The van der Waals surface area contributed by atoms with E-state index in [1.807, 2.05) is 31.2 Å². The minimum absolute atomic E-state index is 0.0182. The summed E-state index contributed by atoms with van der Waals surface area (Å²) in [6, 6.07) is 10.8. The molecule has 9 heteroatoms. The first kappa shape index (κ1) is 19.7. The molecule has 2 aromatic carbocycles. The van der Waals surface area contributed by atoms with Crippen LogP contribution in [0.2, 0.25) is 0 Å². The lowest BCUT2D eigenvalue weighted by atomic mass is 10.1. The molecule has 5 nitrogen and oxygen atoms in total. The van der Waals surface area contributed by atoms with E-state index >= 15 is 0 Å². The molecule has 0 atom stereocenters. The van der Waals surface area contributed by atoms with Crippen molar-refractivity contribution < 1.29 is 31.6 Å². The molecule has 0 fully saturated rings. The number of halogens is 4. The molecule has 1 heterocycles. The molecule has 3 aromatic rings. The predicted molar refractivity (Wildman–Crippen MR) is 89.9 cm³/mol. The van der Waals surface area contributed by atoms with Crippen molar-refractivity contribution in [2.24, 2.45) is 0 Å². The number of aromatic nitrogens is 2. The number of hydrogen-bond donors (Lipinski definition) is 0. The van der Waals surface area contributed by atoms with Gasteiger partial charge in [0, 0.05) is 5.56 Å². The topological polar surface area (TPSA) is 65.2 Å². The normalized spacial score (nSPS) is 11.6. The Labute approximate surface area is 156 Å². The zero-order valence-corrected chi connectivity index (χ0v) is 14.6. The van der Waals surface area contributed by atoms with Crippen LogP contribution in [0.1, 0.15) is 27.4 Å². The van der Waals surface area contributed by atoms with Gasteiger partial charge in [0.15, 0.2) is 5.78 Å². The van der Waals surface area contributed by atoms with E-state index in [2.05, 4.69) is 14.7 Å². The Balaban J connectivity index is 1.65. The van der Waals surface area contributed by atoms with Crippen molar-refractivity contribution in [2.75, 3.05) is 6.61 Å². The first-order valence-corrected chi connectivity index (χ1v) is 8.11. The van der Waals surface area contributed by atoms with Crippen LogP contribution in [0.5, 0.6) is 0 Å². The number of hydrogen-bond acceptors (Lipinski definition) is 5. The Kier molecular flexibility index (Phi) is 5.55. The largest absolute Gasteiger partial charge is 0.471 e. The fourth-order valence-electron chi connectivity index (χ4n) is 2.35. The summed E-state index contributed by atoms with van der Waals surface area (Å²) in [7, 11) is 0. The molecule has 0 unspecified atom stereocenters. The molecule has 0 spiro atoms. The number of alkyl halides is 3. The Morgan fingerprint density at radius 1 is 1.14 bits per heavy atom. The van der Waals surface area contributed by atoms with Gasteiger partial charge < -0.3 is 9.26 Å². The molecule has 0 aliphatic carbocycles. The van der Waals surface area contributed by atoms with Gasteiger partial charge in [-0.05, 0) is 24.6 Å². The van der Waals surface area contributed by atoms with Crippen molar-refractivity contribution >= 4 is 5.78 Å². The van der Waals surface area contributed by atoms with Crippen molar-refractivity contribution in [3.63, 3.8) is 0 Å². The monoisotopic (exact) mass is 394 g/mol. The Morgan fingerprint density at radius 3 is 2.46 bits per heavy atom. The van der Waals surface area contributed by atoms with Gasteiger partial charge in [-0.1, -0.05) is 41.1 Å². The molecule has 0 saturated heterocycles. The quantitative estimate of drug-likeness (QED) is 0.452. The molecule has 0 N–H and O–H groups in total. The maximum atomic E-state index is 14.2. The van der Waals surface area contributed by atoms with E-state index in [9.17, 15) is 22.4 Å². The highest BCUT2D eigenvalue weighted by molar-refractivity contribution is 5.97. The second-order valence-electron chi connectivity index (χ2n) is 6.02. The number of aryl methyl sites for hydroxylation is 1. The summed E-state index contributed by atoms with van der Waals surface area (Å²) in [6.07, 6.45) is -4.83. The number of ether oxygens (including phenoxy) is 1. The van der Waals surface area contributed by atoms with E-state index < -0.39 is 29.5 Å². The van der Waals surface area contributed by atoms with Gasteiger partial charge in [-0.15, -0.1) is 0 Å². The molecule has 146 valence electrons. The zero-order valence-electron chi connectivity index (χ0n) is 14.6. The van der Waals surface area contributed by atoms with Crippen LogP contribution in [0.15, 0.2) is 47.0 Å². The zero-order chi connectivity index (χ0) is 20.3. The van der Waals surface area contributed by atoms with Crippen LogP contribution >= 0.6 is 0 Å². The SMILES string of the molecule is Cc1ccc(COCC(=O)c2ccc(-c3noc(C(F)(F)F)n3)c(F)c2)cc1. The standard InChI is InChI=1S/C19H14F4N2O3/c1-11-2-4-12(5-3-11)9-27-10-16(26)13-6-7-14(15(20)8-13)17-24-18(28-25-17)19(21,22)23/h2-8H,9-10H2,1H3. The van der Waals surface area contributed by atoms with Crippen LogP contribution < -0.4 is 0 Å². The van der Waals surface area contributed by atoms with E-state index in [1.165, 1.54) is 6.07 Å². The highest BCUT2D eigenvalue weighted by Crippen LogP contribution is 2.30. The summed E-state index contributed by atoms with van der Waals surface area (Å²) in [4.78, 5) is 15.3. The lowest BCUT2D eigenvalue weighted by molar-refractivity contribution is -0.159.